The number of aromatic nitrogens is 2. The maximum absolute atomic E-state index is 12.3. The summed E-state index contributed by atoms with van der Waals surface area (Å²) in [6.45, 7) is 3.10. The molecule has 0 spiro atoms. The highest BCUT2D eigenvalue weighted by Crippen LogP contribution is 2.36. The number of carbonyl (C=O) groups excluding carboxylic acids is 3. The number of esters is 3. The second kappa shape index (κ2) is 8.53. The van der Waals surface area contributed by atoms with Gasteiger partial charge in [0.25, 0.3) is 5.56 Å². The maximum Gasteiger partial charge on any atom is 0.340 e. The zero-order chi connectivity index (χ0) is 21.0. The number of nitrogens with one attached hydrogen (secondary N) is 1. The Morgan fingerprint density at radius 1 is 1.14 bits per heavy atom. The van der Waals surface area contributed by atoms with Crippen LogP contribution in [0.25, 0.3) is 0 Å². The third-order valence-corrected chi connectivity index (χ3v) is 3.78. The van der Waals surface area contributed by atoms with Crippen LogP contribution in [0.15, 0.2) is 15.8 Å². The Morgan fingerprint density at radius 3 is 2.29 bits per heavy atom. The highest BCUT2D eigenvalue weighted by atomic mass is 16.6. The summed E-state index contributed by atoms with van der Waals surface area (Å²) in [7, 11) is 0. The molecule has 0 radical (unpaired) electrons. The maximum atomic E-state index is 12.3. The number of hydrogen-bond donors (Lipinski definition) is 1. The molecule has 1 saturated heterocycles. The summed E-state index contributed by atoms with van der Waals surface area (Å²) in [5.41, 5.74) is -1.80. The van der Waals surface area contributed by atoms with Crippen molar-refractivity contribution < 1.29 is 33.3 Å². The van der Waals surface area contributed by atoms with Gasteiger partial charge in [-0.1, -0.05) is 6.42 Å². The molecule has 1 aromatic rings. The molecule has 150 valence electrons. The summed E-state index contributed by atoms with van der Waals surface area (Å²) in [5.74, 6) is -2.05. The minimum absolute atomic E-state index is 0.133. The van der Waals surface area contributed by atoms with E-state index in [1.54, 1.807) is 0 Å². The van der Waals surface area contributed by atoms with Crippen LogP contribution >= 0.6 is 0 Å². The van der Waals surface area contributed by atoms with Crippen molar-refractivity contribution in [2.75, 3.05) is 6.61 Å². The molecule has 2 unspecified atom stereocenters. The van der Waals surface area contributed by atoms with Crippen molar-refractivity contribution in [2.45, 2.75) is 45.2 Å². The molecule has 1 aliphatic heterocycles. The Hall–Kier alpha value is -3.39. The van der Waals surface area contributed by atoms with Gasteiger partial charge in [0, 0.05) is 33.0 Å². The van der Waals surface area contributed by atoms with Gasteiger partial charge < -0.3 is 18.9 Å². The summed E-state index contributed by atoms with van der Waals surface area (Å²) in [4.78, 5) is 60.2. The lowest BCUT2D eigenvalue weighted by atomic mass is 10.0. The van der Waals surface area contributed by atoms with Crippen molar-refractivity contribution >= 4 is 17.9 Å². The molecule has 2 rings (SSSR count). The van der Waals surface area contributed by atoms with E-state index in [2.05, 4.69) is 6.04 Å². The number of ether oxygens (including phenoxy) is 4. The fourth-order valence-corrected chi connectivity index (χ4v) is 2.75. The first-order valence-electron chi connectivity index (χ1n) is 8.09. The molecule has 1 N–H and O–H groups in total. The van der Waals surface area contributed by atoms with E-state index in [1.165, 1.54) is 6.92 Å². The second-order valence-electron chi connectivity index (χ2n) is 5.89. The van der Waals surface area contributed by atoms with E-state index in [1.807, 2.05) is 4.98 Å². The molecule has 11 nitrogen and oxygen atoms in total. The van der Waals surface area contributed by atoms with Crippen LogP contribution in [-0.4, -0.2) is 52.4 Å². The van der Waals surface area contributed by atoms with Gasteiger partial charge in [0.1, 0.15) is 18.8 Å². The van der Waals surface area contributed by atoms with Gasteiger partial charge in [0.2, 0.25) is 0 Å². The summed E-state index contributed by atoms with van der Waals surface area (Å²) >= 11 is 0. The largest absolute Gasteiger partial charge is 0.463 e. The van der Waals surface area contributed by atoms with E-state index >= 15 is 0 Å². The molecule has 0 amide bonds. The van der Waals surface area contributed by atoms with Gasteiger partial charge in [0.05, 0.1) is 5.56 Å². The Labute approximate surface area is 158 Å². The van der Waals surface area contributed by atoms with Crippen LogP contribution in [0, 0.1) is 12.5 Å². The molecule has 0 aromatic carbocycles. The normalized spacial score (nSPS) is 23.5. The molecule has 0 bridgehead atoms. The lowest BCUT2D eigenvalue weighted by Gasteiger charge is -2.23. The first-order chi connectivity index (χ1) is 13.1. The topological polar surface area (TPSA) is 143 Å². The quantitative estimate of drug-likeness (QED) is 0.372. The molecule has 2 heterocycles. The van der Waals surface area contributed by atoms with Gasteiger partial charge >= 0.3 is 23.6 Å². The van der Waals surface area contributed by atoms with E-state index in [-0.39, 0.29) is 12.2 Å². The number of nitrogens with zero attached hydrogens (tertiary/aromatic N) is 1. The van der Waals surface area contributed by atoms with Crippen LogP contribution in [0.2, 0.25) is 0 Å². The van der Waals surface area contributed by atoms with Crippen molar-refractivity contribution in [3.8, 4) is 12.5 Å². The second-order valence-corrected chi connectivity index (χ2v) is 5.89. The van der Waals surface area contributed by atoms with Crippen LogP contribution in [0.3, 0.4) is 0 Å². The first kappa shape index (κ1) is 20.9. The monoisotopic (exact) mass is 394 g/mol. The van der Waals surface area contributed by atoms with Gasteiger partial charge in [-0.2, -0.15) is 0 Å². The van der Waals surface area contributed by atoms with Crippen molar-refractivity contribution in [2.24, 2.45) is 0 Å². The molecular weight excluding hydrogens is 376 g/mol. The summed E-state index contributed by atoms with van der Waals surface area (Å²) < 4.78 is 21.8. The van der Waals surface area contributed by atoms with Gasteiger partial charge in [-0.15, -0.1) is 0 Å². The van der Waals surface area contributed by atoms with Gasteiger partial charge in [-0.3, -0.25) is 24.2 Å². The van der Waals surface area contributed by atoms with Crippen LogP contribution in [0.1, 0.15) is 32.4 Å². The highest BCUT2D eigenvalue weighted by molar-refractivity contribution is 5.68. The number of terminal acetylenes is 1. The SMILES string of the molecule is C#Cn1cc([C@@H]2O[C@H](COC(C)=O)C(OC(C)=O)C2OC(C)=O)c(=O)[nH]c1=O. The summed E-state index contributed by atoms with van der Waals surface area (Å²) in [5, 5.41) is 0. The minimum atomic E-state index is -1.24. The third-order valence-electron chi connectivity index (χ3n) is 3.78. The zero-order valence-corrected chi connectivity index (χ0v) is 15.3. The van der Waals surface area contributed by atoms with Crippen molar-refractivity contribution in [1.82, 2.24) is 9.55 Å². The number of hydrogen-bond acceptors (Lipinski definition) is 9. The molecule has 1 aliphatic rings. The molecule has 1 fully saturated rings. The predicted molar refractivity (Wildman–Crippen MR) is 90.9 cm³/mol. The minimum Gasteiger partial charge on any atom is -0.463 e. The standard InChI is InChI=1S/C17H18N2O9/c1-5-19-6-11(16(23)18-17(19)24)13-15(27-10(4)22)14(26-9(3)21)12(28-13)7-25-8(2)20/h1,6,12-15H,7H2,2-4H3,(H,18,23,24)/t12-,13+,14?,15?/m1/s1. The van der Waals surface area contributed by atoms with E-state index in [0.717, 1.165) is 24.6 Å². The van der Waals surface area contributed by atoms with E-state index in [9.17, 15) is 24.0 Å². The van der Waals surface area contributed by atoms with Gasteiger partial charge in [0.15, 0.2) is 12.2 Å². The van der Waals surface area contributed by atoms with Crippen LogP contribution in [0.5, 0.6) is 0 Å². The Bertz CT molecular complexity index is 939. The van der Waals surface area contributed by atoms with Crippen LogP contribution < -0.4 is 11.2 Å². The number of aromatic amines is 1. The summed E-state index contributed by atoms with van der Waals surface area (Å²) in [6, 6.07) is 2.05. The molecule has 0 saturated carbocycles. The van der Waals surface area contributed by atoms with Gasteiger partial charge in [-0.05, 0) is 0 Å². The smallest absolute Gasteiger partial charge is 0.340 e. The third kappa shape index (κ3) is 4.66. The van der Waals surface area contributed by atoms with Crippen molar-refractivity contribution in [3.05, 3.63) is 32.6 Å². The van der Waals surface area contributed by atoms with E-state index in [0.29, 0.717) is 0 Å². The molecule has 11 heteroatoms. The Morgan fingerprint density at radius 2 is 1.75 bits per heavy atom. The molecule has 4 atom stereocenters. The molecule has 28 heavy (non-hydrogen) atoms. The number of rotatable bonds is 5. The predicted octanol–water partition coefficient (Wildman–Crippen LogP) is -1.16. The lowest BCUT2D eigenvalue weighted by molar-refractivity contribution is -0.165. The van der Waals surface area contributed by atoms with Crippen molar-refractivity contribution in [3.63, 3.8) is 0 Å². The first-order valence-corrected chi connectivity index (χ1v) is 8.09. The fourth-order valence-electron chi connectivity index (χ4n) is 2.75. The van der Waals surface area contributed by atoms with Crippen LogP contribution in [0.4, 0.5) is 0 Å². The van der Waals surface area contributed by atoms with Gasteiger partial charge in [-0.25, -0.2) is 9.36 Å². The van der Waals surface area contributed by atoms with E-state index < -0.39 is 53.6 Å². The number of H-pyrrole nitrogens is 1. The molecule has 0 aliphatic carbocycles. The Balaban J connectivity index is 2.51. The van der Waals surface area contributed by atoms with Crippen molar-refractivity contribution in [1.29, 1.82) is 0 Å². The highest BCUT2D eigenvalue weighted by Gasteiger charge is 2.51. The average molecular weight is 394 g/mol. The molecule has 1 aromatic heterocycles. The number of carbonyl (C=O) groups is 3. The fraction of sp³-hybridized carbons (Fsp3) is 0.471. The average Bonchev–Trinajstić information content (AvgIpc) is 2.89. The van der Waals surface area contributed by atoms with Crippen LogP contribution in [-0.2, 0) is 33.3 Å². The van der Waals surface area contributed by atoms with E-state index in [4.69, 9.17) is 25.4 Å². The Kier molecular flexibility index (Phi) is 6.37. The molecular formula is C17H18N2O9. The summed E-state index contributed by atoms with van der Waals surface area (Å²) in [6.07, 6.45) is 1.59. The zero-order valence-electron chi connectivity index (χ0n) is 15.3. The lowest BCUT2D eigenvalue weighted by Crippen LogP contribution is -2.41.